The van der Waals surface area contributed by atoms with E-state index in [9.17, 15) is 4.79 Å². The summed E-state index contributed by atoms with van der Waals surface area (Å²) >= 11 is 0. The summed E-state index contributed by atoms with van der Waals surface area (Å²) in [6, 6.07) is 10.3. The van der Waals surface area contributed by atoms with Gasteiger partial charge in [-0.05, 0) is 30.2 Å². The van der Waals surface area contributed by atoms with E-state index in [-0.39, 0.29) is 11.3 Å². The second kappa shape index (κ2) is 5.74. The number of nitrogens with two attached hydrogens (primary N) is 1. The summed E-state index contributed by atoms with van der Waals surface area (Å²) < 4.78 is 0. The van der Waals surface area contributed by atoms with E-state index < -0.39 is 0 Å². The molecule has 1 aromatic rings. The largest absolute Gasteiger partial charge is 0.355 e. The van der Waals surface area contributed by atoms with Gasteiger partial charge in [0.25, 0.3) is 0 Å². The maximum atomic E-state index is 12.3. The van der Waals surface area contributed by atoms with Crippen LogP contribution in [0.25, 0.3) is 0 Å². The van der Waals surface area contributed by atoms with E-state index in [2.05, 4.69) is 31.3 Å². The van der Waals surface area contributed by atoms with Crippen LogP contribution in [0, 0.1) is 11.3 Å². The molecule has 1 aliphatic carbocycles. The van der Waals surface area contributed by atoms with Gasteiger partial charge in [0.2, 0.25) is 5.91 Å². The molecule has 3 heteroatoms. The van der Waals surface area contributed by atoms with E-state index in [1.54, 1.807) is 0 Å². The van der Waals surface area contributed by atoms with Crippen molar-refractivity contribution in [3.8, 4) is 0 Å². The van der Waals surface area contributed by atoms with Gasteiger partial charge in [-0.15, -0.1) is 0 Å². The van der Waals surface area contributed by atoms with Crippen LogP contribution >= 0.6 is 0 Å². The average molecular weight is 260 g/mol. The van der Waals surface area contributed by atoms with Gasteiger partial charge < -0.3 is 11.1 Å². The molecule has 3 N–H and O–H groups in total. The molecule has 1 fully saturated rings. The minimum Gasteiger partial charge on any atom is -0.355 e. The van der Waals surface area contributed by atoms with E-state index in [1.807, 2.05) is 18.2 Å². The molecular formula is C16H24N2O. The predicted octanol–water partition coefficient (Wildman–Crippen LogP) is 2.28. The third-order valence-electron chi connectivity index (χ3n) is 4.29. The van der Waals surface area contributed by atoms with Crippen LogP contribution in [0.2, 0.25) is 0 Å². The van der Waals surface area contributed by atoms with E-state index in [4.69, 9.17) is 5.73 Å². The van der Waals surface area contributed by atoms with E-state index in [0.717, 1.165) is 12.8 Å². The van der Waals surface area contributed by atoms with Crippen molar-refractivity contribution in [1.29, 1.82) is 0 Å². The normalized spacial score (nSPS) is 27.4. The minimum atomic E-state index is -0.296. The monoisotopic (exact) mass is 260 g/mol. The maximum Gasteiger partial charge on any atom is 0.227 e. The van der Waals surface area contributed by atoms with Gasteiger partial charge in [0, 0.05) is 13.1 Å². The number of hydrogen-bond donors (Lipinski definition) is 2. The molecule has 1 atom stereocenters. The Kier molecular flexibility index (Phi) is 4.25. The van der Waals surface area contributed by atoms with Gasteiger partial charge in [0.1, 0.15) is 0 Å². The Labute approximate surface area is 115 Å². The highest BCUT2D eigenvalue weighted by Gasteiger charge is 2.46. The molecule has 3 nitrogen and oxygen atoms in total. The second-order valence-electron chi connectivity index (χ2n) is 6.02. The first-order chi connectivity index (χ1) is 9.07. The molecule has 1 saturated carbocycles. The van der Waals surface area contributed by atoms with Crippen LogP contribution in [-0.4, -0.2) is 19.0 Å². The van der Waals surface area contributed by atoms with E-state index >= 15 is 0 Å². The summed E-state index contributed by atoms with van der Waals surface area (Å²) in [4.78, 5) is 12.3. The van der Waals surface area contributed by atoms with E-state index in [1.165, 1.54) is 5.56 Å². The lowest BCUT2D eigenvalue weighted by atomic mass is 9.62. The standard InChI is InChI=1S/C16H24N2O/c1-12-8-16(9-12,11-17)15(19)18-10-13(2)14-6-4-3-5-7-14/h3-7,12-13H,8-11,17H2,1-2H3,(H,18,19). The summed E-state index contributed by atoms with van der Waals surface area (Å²) in [6.07, 6.45) is 1.85. The van der Waals surface area contributed by atoms with Gasteiger partial charge in [0.15, 0.2) is 0 Å². The lowest BCUT2D eigenvalue weighted by Crippen LogP contribution is -2.53. The molecule has 0 spiro atoms. The summed E-state index contributed by atoms with van der Waals surface area (Å²) in [7, 11) is 0. The highest BCUT2D eigenvalue weighted by Crippen LogP contribution is 2.44. The Hall–Kier alpha value is -1.35. The molecule has 0 radical (unpaired) electrons. The maximum absolute atomic E-state index is 12.3. The van der Waals surface area contributed by atoms with Crippen LogP contribution in [0.3, 0.4) is 0 Å². The lowest BCUT2D eigenvalue weighted by molar-refractivity contribution is -0.138. The Morgan fingerprint density at radius 3 is 2.58 bits per heavy atom. The summed E-state index contributed by atoms with van der Waals surface area (Å²) in [5, 5.41) is 3.08. The van der Waals surface area contributed by atoms with Crippen molar-refractivity contribution in [2.75, 3.05) is 13.1 Å². The summed E-state index contributed by atoms with van der Waals surface area (Å²) in [5.74, 6) is 1.09. The fourth-order valence-corrected chi connectivity index (χ4v) is 3.05. The molecule has 0 aromatic heterocycles. The van der Waals surface area contributed by atoms with Crippen molar-refractivity contribution >= 4 is 5.91 Å². The third-order valence-corrected chi connectivity index (χ3v) is 4.29. The van der Waals surface area contributed by atoms with Gasteiger partial charge in [-0.25, -0.2) is 0 Å². The zero-order valence-corrected chi connectivity index (χ0v) is 11.9. The molecular weight excluding hydrogens is 236 g/mol. The topological polar surface area (TPSA) is 55.1 Å². The van der Waals surface area contributed by atoms with Crippen molar-refractivity contribution in [2.24, 2.45) is 17.1 Å². The van der Waals surface area contributed by atoms with Crippen molar-refractivity contribution in [2.45, 2.75) is 32.6 Å². The molecule has 2 rings (SSSR count). The quantitative estimate of drug-likeness (QED) is 0.853. The van der Waals surface area contributed by atoms with Crippen molar-refractivity contribution < 1.29 is 4.79 Å². The van der Waals surface area contributed by atoms with Crippen LogP contribution in [-0.2, 0) is 4.79 Å². The number of rotatable bonds is 5. The van der Waals surface area contributed by atoms with Crippen molar-refractivity contribution in [3.05, 3.63) is 35.9 Å². The lowest BCUT2D eigenvalue weighted by Gasteiger charge is -2.44. The number of carbonyl (C=O) groups is 1. The molecule has 1 unspecified atom stereocenters. The van der Waals surface area contributed by atoms with Crippen LogP contribution in [0.1, 0.15) is 38.2 Å². The minimum absolute atomic E-state index is 0.135. The van der Waals surface area contributed by atoms with E-state index in [0.29, 0.717) is 24.9 Å². The molecule has 1 aliphatic rings. The predicted molar refractivity (Wildman–Crippen MR) is 77.8 cm³/mol. The highest BCUT2D eigenvalue weighted by molar-refractivity contribution is 5.84. The second-order valence-corrected chi connectivity index (χ2v) is 6.02. The molecule has 0 heterocycles. The third kappa shape index (κ3) is 2.98. The van der Waals surface area contributed by atoms with Crippen LogP contribution in [0.5, 0.6) is 0 Å². The van der Waals surface area contributed by atoms with Crippen LogP contribution in [0.15, 0.2) is 30.3 Å². The van der Waals surface area contributed by atoms with Gasteiger partial charge in [-0.3, -0.25) is 4.79 Å². The Balaban J connectivity index is 1.87. The van der Waals surface area contributed by atoms with Crippen molar-refractivity contribution in [1.82, 2.24) is 5.32 Å². The van der Waals surface area contributed by atoms with Crippen molar-refractivity contribution in [3.63, 3.8) is 0 Å². The average Bonchev–Trinajstić information content (AvgIpc) is 2.41. The SMILES string of the molecule is CC1CC(CN)(C(=O)NCC(C)c2ccccc2)C1. The fraction of sp³-hybridized carbons (Fsp3) is 0.562. The molecule has 1 amide bonds. The highest BCUT2D eigenvalue weighted by atomic mass is 16.2. The smallest absolute Gasteiger partial charge is 0.227 e. The van der Waals surface area contributed by atoms with Gasteiger partial charge in [-0.1, -0.05) is 44.2 Å². The van der Waals surface area contributed by atoms with Gasteiger partial charge in [-0.2, -0.15) is 0 Å². The molecule has 104 valence electrons. The van der Waals surface area contributed by atoms with Gasteiger partial charge in [0.05, 0.1) is 5.41 Å². The zero-order chi connectivity index (χ0) is 13.9. The van der Waals surface area contributed by atoms with Gasteiger partial charge >= 0.3 is 0 Å². The summed E-state index contributed by atoms with van der Waals surface area (Å²) in [5.41, 5.74) is 6.75. The van der Waals surface area contributed by atoms with Crippen LogP contribution < -0.4 is 11.1 Å². The molecule has 0 saturated heterocycles. The molecule has 19 heavy (non-hydrogen) atoms. The number of hydrogen-bond acceptors (Lipinski definition) is 2. The number of carbonyl (C=O) groups excluding carboxylic acids is 1. The first-order valence-corrected chi connectivity index (χ1v) is 7.11. The fourth-order valence-electron chi connectivity index (χ4n) is 3.05. The Morgan fingerprint density at radius 1 is 1.42 bits per heavy atom. The molecule has 1 aromatic carbocycles. The Bertz CT molecular complexity index is 424. The summed E-state index contributed by atoms with van der Waals surface area (Å²) in [6.45, 7) is 5.45. The molecule has 0 bridgehead atoms. The number of nitrogens with one attached hydrogen (secondary N) is 1. The molecule has 0 aliphatic heterocycles. The first kappa shape index (κ1) is 14.1. The number of benzene rings is 1. The number of amides is 1. The Morgan fingerprint density at radius 2 is 2.05 bits per heavy atom. The zero-order valence-electron chi connectivity index (χ0n) is 11.9. The van der Waals surface area contributed by atoms with Crippen LogP contribution in [0.4, 0.5) is 0 Å². The first-order valence-electron chi connectivity index (χ1n) is 7.11.